The maximum absolute atomic E-state index is 12.5. The number of benzene rings is 2. The number of ether oxygens (including phenoxy) is 1. The Labute approximate surface area is 142 Å². The van der Waals surface area contributed by atoms with Gasteiger partial charge in [0, 0.05) is 5.69 Å². The maximum Gasteiger partial charge on any atom is 0.235 e. The summed E-state index contributed by atoms with van der Waals surface area (Å²) in [6.07, 6.45) is 3.29. The molecular weight excluding hydrogens is 302 g/mol. The Morgan fingerprint density at radius 3 is 2.38 bits per heavy atom. The minimum Gasteiger partial charge on any atom is -0.497 e. The first kappa shape index (κ1) is 16.3. The summed E-state index contributed by atoms with van der Waals surface area (Å²) in [5.41, 5.74) is 1.87. The molecule has 4 nitrogen and oxygen atoms in total. The van der Waals surface area contributed by atoms with Gasteiger partial charge in [0.05, 0.1) is 25.2 Å². The topological polar surface area (TPSA) is 49.8 Å². The number of amides is 1. The number of nitrogens with zero attached hydrogens (tertiary/aromatic N) is 1. The Balaban J connectivity index is 1.86. The van der Waals surface area contributed by atoms with Crippen molar-refractivity contribution in [3.05, 3.63) is 66.2 Å². The van der Waals surface area contributed by atoms with Gasteiger partial charge >= 0.3 is 0 Å². The van der Waals surface area contributed by atoms with Gasteiger partial charge in [-0.05, 0) is 36.8 Å². The molecule has 24 heavy (non-hydrogen) atoms. The van der Waals surface area contributed by atoms with Gasteiger partial charge in [-0.3, -0.25) is 4.79 Å². The zero-order valence-corrected chi connectivity index (χ0v) is 13.8. The molecule has 0 spiro atoms. The maximum atomic E-state index is 12.5. The number of hydrogen-bond acceptors (Lipinski definition) is 3. The molecule has 0 unspecified atom stereocenters. The fraction of sp³-hybridized carbons (Fsp3) is 0.250. The van der Waals surface area contributed by atoms with Crippen molar-refractivity contribution in [2.45, 2.75) is 19.1 Å². The number of carbonyl (C=O) groups excluding carboxylic acids is 1. The number of β-lactam (4-membered cyclic amide) rings is 1. The average molecular weight is 323 g/mol. The highest BCUT2D eigenvalue weighted by Crippen LogP contribution is 2.36. The number of carbonyl (C=O) groups is 1. The zero-order valence-electron chi connectivity index (χ0n) is 13.8. The lowest BCUT2D eigenvalue weighted by Gasteiger charge is -2.47. The van der Waals surface area contributed by atoms with Gasteiger partial charge in [-0.25, -0.2) is 0 Å². The van der Waals surface area contributed by atoms with E-state index in [0.717, 1.165) is 17.0 Å². The molecule has 1 N–H and O–H groups in total. The molecule has 124 valence electrons. The lowest BCUT2D eigenvalue weighted by atomic mass is 9.82. The first-order valence-electron chi connectivity index (χ1n) is 8.00. The second-order valence-corrected chi connectivity index (χ2v) is 5.93. The van der Waals surface area contributed by atoms with Crippen LogP contribution in [0.4, 0.5) is 5.69 Å². The number of anilines is 1. The van der Waals surface area contributed by atoms with Crippen molar-refractivity contribution < 1.29 is 14.6 Å². The van der Waals surface area contributed by atoms with Crippen molar-refractivity contribution in [1.82, 2.24) is 0 Å². The molecule has 2 aromatic carbocycles. The molecule has 0 aromatic heterocycles. The molecule has 0 aliphatic carbocycles. The van der Waals surface area contributed by atoms with Gasteiger partial charge in [0.15, 0.2) is 0 Å². The van der Waals surface area contributed by atoms with Crippen LogP contribution in [0, 0.1) is 5.92 Å². The van der Waals surface area contributed by atoms with Crippen LogP contribution in [-0.2, 0) is 4.79 Å². The van der Waals surface area contributed by atoms with E-state index in [-0.39, 0.29) is 11.9 Å². The van der Waals surface area contributed by atoms with Crippen molar-refractivity contribution in [3.63, 3.8) is 0 Å². The normalized spacial score (nSPS) is 21.6. The van der Waals surface area contributed by atoms with E-state index in [1.54, 1.807) is 18.9 Å². The van der Waals surface area contributed by atoms with E-state index in [0.29, 0.717) is 0 Å². The van der Waals surface area contributed by atoms with Crippen LogP contribution < -0.4 is 9.64 Å². The highest BCUT2D eigenvalue weighted by atomic mass is 16.5. The largest absolute Gasteiger partial charge is 0.497 e. The molecule has 1 fully saturated rings. The van der Waals surface area contributed by atoms with Gasteiger partial charge in [-0.1, -0.05) is 42.5 Å². The Morgan fingerprint density at radius 2 is 1.79 bits per heavy atom. The summed E-state index contributed by atoms with van der Waals surface area (Å²) in [6.45, 7) is 1.66. The van der Waals surface area contributed by atoms with Crippen LogP contribution in [0.1, 0.15) is 12.5 Å². The van der Waals surface area contributed by atoms with Gasteiger partial charge < -0.3 is 14.7 Å². The smallest absolute Gasteiger partial charge is 0.235 e. The molecule has 3 rings (SSSR count). The highest BCUT2D eigenvalue weighted by molar-refractivity contribution is 6.04. The molecule has 2 aromatic rings. The molecule has 1 saturated heterocycles. The lowest BCUT2D eigenvalue weighted by Crippen LogP contribution is -2.63. The second kappa shape index (κ2) is 6.89. The van der Waals surface area contributed by atoms with E-state index in [1.165, 1.54) is 0 Å². The predicted octanol–water partition coefficient (Wildman–Crippen LogP) is 3.12. The standard InChI is InChI=1S/C20H21NO3/c1-14(22)19-18(13-8-15-6-4-3-5-7-15)21(20(19)23)16-9-11-17(24-2)12-10-16/h3-14,18-19,22H,1-2H3/b13-8+/t14-,18+,19+/m1/s1. The molecular formula is C20H21NO3. The van der Waals surface area contributed by atoms with Crippen molar-refractivity contribution in [2.24, 2.45) is 5.92 Å². The van der Waals surface area contributed by atoms with Crippen LogP contribution in [0.25, 0.3) is 6.08 Å². The third-order valence-corrected chi connectivity index (χ3v) is 4.34. The first-order valence-corrected chi connectivity index (χ1v) is 8.00. The highest BCUT2D eigenvalue weighted by Gasteiger charge is 2.48. The summed E-state index contributed by atoms with van der Waals surface area (Å²) < 4.78 is 5.16. The quantitative estimate of drug-likeness (QED) is 0.860. The monoisotopic (exact) mass is 323 g/mol. The van der Waals surface area contributed by atoms with Crippen molar-refractivity contribution in [2.75, 3.05) is 12.0 Å². The average Bonchev–Trinajstić information content (AvgIpc) is 2.59. The van der Waals surface area contributed by atoms with Crippen LogP contribution in [0.3, 0.4) is 0 Å². The number of aliphatic hydroxyl groups excluding tert-OH is 1. The number of rotatable bonds is 5. The van der Waals surface area contributed by atoms with E-state index < -0.39 is 12.0 Å². The summed E-state index contributed by atoms with van der Waals surface area (Å²) in [5.74, 6) is 0.278. The van der Waals surface area contributed by atoms with E-state index in [1.807, 2.05) is 66.7 Å². The molecule has 4 heteroatoms. The Morgan fingerprint density at radius 1 is 1.12 bits per heavy atom. The molecule has 1 aliphatic heterocycles. The van der Waals surface area contributed by atoms with Gasteiger partial charge in [-0.2, -0.15) is 0 Å². The zero-order chi connectivity index (χ0) is 17.1. The van der Waals surface area contributed by atoms with Crippen molar-refractivity contribution >= 4 is 17.7 Å². The predicted molar refractivity (Wildman–Crippen MR) is 94.9 cm³/mol. The van der Waals surface area contributed by atoms with Crippen LogP contribution in [-0.4, -0.2) is 30.3 Å². The van der Waals surface area contributed by atoms with Crippen molar-refractivity contribution in [1.29, 1.82) is 0 Å². The van der Waals surface area contributed by atoms with E-state index in [2.05, 4.69) is 0 Å². The Bertz CT molecular complexity index is 722. The van der Waals surface area contributed by atoms with Crippen LogP contribution >= 0.6 is 0 Å². The van der Waals surface area contributed by atoms with E-state index in [9.17, 15) is 9.90 Å². The van der Waals surface area contributed by atoms with Gasteiger partial charge in [0.1, 0.15) is 5.75 Å². The minimum atomic E-state index is -0.683. The molecule has 0 saturated carbocycles. The molecule has 1 aliphatic rings. The summed E-state index contributed by atoms with van der Waals surface area (Å²) in [7, 11) is 1.61. The van der Waals surface area contributed by atoms with Gasteiger partial charge in [0.25, 0.3) is 0 Å². The molecule has 3 atom stereocenters. The van der Waals surface area contributed by atoms with Gasteiger partial charge in [0.2, 0.25) is 5.91 Å². The van der Waals surface area contributed by atoms with E-state index >= 15 is 0 Å². The molecule has 0 bridgehead atoms. The third kappa shape index (κ3) is 3.05. The first-order chi connectivity index (χ1) is 11.6. The number of hydrogen-bond donors (Lipinski definition) is 1. The SMILES string of the molecule is COc1ccc(N2C(=O)[C@@H]([C@@H](C)O)[C@@H]2/C=C/c2ccccc2)cc1. The summed E-state index contributed by atoms with van der Waals surface area (Å²) in [6, 6.07) is 17.1. The lowest BCUT2D eigenvalue weighted by molar-refractivity contribution is -0.133. The van der Waals surface area contributed by atoms with Gasteiger partial charge in [-0.15, -0.1) is 0 Å². The number of methoxy groups -OCH3 is 1. The van der Waals surface area contributed by atoms with Crippen molar-refractivity contribution in [3.8, 4) is 5.75 Å². The molecule has 1 heterocycles. The van der Waals surface area contributed by atoms with Crippen LogP contribution in [0.2, 0.25) is 0 Å². The molecule has 0 radical (unpaired) electrons. The van der Waals surface area contributed by atoms with Crippen LogP contribution in [0.5, 0.6) is 5.75 Å². The number of aliphatic hydroxyl groups is 1. The molecule has 1 amide bonds. The summed E-state index contributed by atoms with van der Waals surface area (Å²) >= 11 is 0. The fourth-order valence-corrected chi connectivity index (χ4v) is 3.05. The Hall–Kier alpha value is -2.59. The summed E-state index contributed by atoms with van der Waals surface area (Å²) in [5, 5.41) is 9.96. The van der Waals surface area contributed by atoms with E-state index in [4.69, 9.17) is 4.74 Å². The Kier molecular flexibility index (Phi) is 4.67. The minimum absolute atomic E-state index is 0.0575. The fourth-order valence-electron chi connectivity index (χ4n) is 3.05. The second-order valence-electron chi connectivity index (χ2n) is 5.93. The summed E-state index contributed by atoms with van der Waals surface area (Å²) in [4.78, 5) is 14.2. The van der Waals surface area contributed by atoms with Crippen LogP contribution in [0.15, 0.2) is 60.7 Å². The third-order valence-electron chi connectivity index (χ3n) is 4.34.